The Kier molecular flexibility index (Phi) is 2.01. The molecule has 7 heteroatoms. The van der Waals surface area contributed by atoms with Crippen molar-refractivity contribution in [3.63, 3.8) is 0 Å². The molecular formula is C9H8N4O3. The number of carbonyl (C=O) groups excluding carboxylic acids is 1. The predicted molar refractivity (Wildman–Crippen MR) is 56.1 cm³/mol. The zero-order valence-electron chi connectivity index (χ0n) is 8.04. The van der Waals surface area contributed by atoms with Crippen LogP contribution in [0, 0.1) is 0 Å². The van der Waals surface area contributed by atoms with Crippen LogP contribution in [-0.4, -0.2) is 20.4 Å². The van der Waals surface area contributed by atoms with Gasteiger partial charge in [0.05, 0.1) is 5.69 Å². The Hall–Kier alpha value is -2.57. The molecule has 0 spiro atoms. The standard InChI is InChI=1S/C9H8N4O3/c10-4-2-1-3-13-8(4)12-5(7(11)15)6(14)9(13)16/h1-3,14H,10H2,(H2,11,15). The van der Waals surface area contributed by atoms with E-state index in [2.05, 4.69) is 4.98 Å². The molecule has 0 bridgehead atoms. The van der Waals surface area contributed by atoms with Crippen LogP contribution in [0.5, 0.6) is 5.75 Å². The van der Waals surface area contributed by atoms with Crippen LogP contribution in [0.3, 0.4) is 0 Å². The van der Waals surface area contributed by atoms with Crippen LogP contribution >= 0.6 is 0 Å². The van der Waals surface area contributed by atoms with Crippen molar-refractivity contribution in [2.45, 2.75) is 0 Å². The predicted octanol–water partition coefficient (Wildman–Crippen LogP) is -0.919. The summed E-state index contributed by atoms with van der Waals surface area (Å²) < 4.78 is 1.04. The first-order valence-electron chi connectivity index (χ1n) is 4.32. The molecule has 0 saturated carbocycles. The van der Waals surface area contributed by atoms with E-state index in [0.717, 1.165) is 4.40 Å². The highest BCUT2D eigenvalue weighted by Crippen LogP contribution is 2.13. The maximum Gasteiger partial charge on any atom is 0.300 e. The highest BCUT2D eigenvalue weighted by molar-refractivity contribution is 5.94. The van der Waals surface area contributed by atoms with Gasteiger partial charge in [-0.25, -0.2) is 4.98 Å². The number of fused-ring (bicyclic) bond motifs is 1. The van der Waals surface area contributed by atoms with E-state index < -0.39 is 22.9 Å². The van der Waals surface area contributed by atoms with Gasteiger partial charge in [0.25, 0.3) is 5.91 Å². The zero-order chi connectivity index (χ0) is 11.9. The smallest absolute Gasteiger partial charge is 0.300 e. The van der Waals surface area contributed by atoms with Gasteiger partial charge in [0, 0.05) is 6.20 Å². The van der Waals surface area contributed by atoms with Gasteiger partial charge in [-0.1, -0.05) is 0 Å². The molecular weight excluding hydrogens is 212 g/mol. The second-order valence-electron chi connectivity index (χ2n) is 3.14. The van der Waals surface area contributed by atoms with E-state index in [-0.39, 0.29) is 11.3 Å². The molecule has 0 aromatic carbocycles. The molecule has 2 heterocycles. The van der Waals surface area contributed by atoms with E-state index in [1.165, 1.54) is 18.3 Å². The SMILES string of the molecule is NC(=O)c1nc2c(N)cccn2c(=O)c1O. The van der Waals surface area contributed by atoms with Crippen molar-refractivity contribution in [3.8, 4) is 5.75 Å². The molecule has 0 fully saturated rings. The number of carbonyl (C=O) groups is 1. The van der Waals surface area contributed by atoms with Gasteiger partial charge in [0.2, 0.25) is 5.75 Å². The Morgan fingerprint density at radius 3 is 2.81 bits per heavy atom. The summed E-state index contributed by atoms with van der Waals surface area (Å²) >= 11 is 0. The van der Waals surface area contributed by atoms with Crippen LogP contribution in [0.2, 0.25) is 0 Å². The lowest BCUT2D eigenvalue weighted by atomic mass is 10.3. The Morgan fingerprint density at radius 2 is 2.19 bits per heavy atom. The van der Waals surface area contributed by atoms with Crippen LogP contribution in [0.25, 0.3) is 5.65 Å². The second-order valence-corrected chi connectivity index (χ2v) is 3.14. The van der Waals surface area contributed by atoms with Gasteiger partial charge in [-0.05, 0) is 12.1 Å². The second kappa shape index (κ2) is 3.23. The van der Waals surface area contributed by atoms with E-state index in [0.29, 0.717) is 0 Å². The number of aromatic nitrogens is 2. The van der Waals surface area contributed by atoms with E-state index >= 15 is 0 Å². The van der Waals surface area contributed by atoms with Crippen molar-refractivity contribution in [2.24, 2.45) is 5.73 Å². The third kappa shape index (κ3) is 1.26. The first kappa shape index (κ1) is 9.97. The van der Waals surface area contributed by atoms with Gasteiger partial charge in [0.15, 0.2) is 11.3 Å². The minimum Gasteiger partial charge on any atom is -0.501 e. The lowest BCUT2D eigenvalue weighted by molar-refractivity contribution is 0.0992. The number of nitrogen functional groups attached to an aromatic ring is 1. The van der Waals surface area contributed by atoms with E-state index in [1.54, 1.807) is 0 Å². The fourth-order valence-electron chi connectivity index (χ4n) is 1.35. The molecule has 5 N–H and O–H groups in total. The number of amides is 1. The van der Waals surface area contributed by atoms with Crippen molar-refractivity contribution < 1.29 is 9.90 Å². The van der Waals surface area contributed by atoms with E-state index in [9.17, 15) is 14.7 Å². The molecule has 2 rings (SSSR count). The molecule has 0 aliphatic carbocycles. The highest BCUT2D eigenvalue weighted by Gasteiger charge is 2.16. The summed E-state index contributed by atoms with van der Waals surface area (Å²) in [7, 11) is 0. The van der Waals surface area contributed by atoms with Crippen molar-refractivity contribution >= 4 is 17.2 Å². The topological polar surface area (TPSA) is 124 Å². The normalized spacial score (nSPS) is 10.5. The van der Waals surface area contributed by atoms with Gasteiger partial charge in [-0.3, -0.25) is 14.0 Å². The summed E-state index contributed by atoms with van der Waals surface area (Å²) in [6.45, 7) is 0. The fraction of sp³-hybridized carbons (Fsp3) is 0. The Bertz CT molecular complexity index is 647. The number of hydrogen-bond donors (Lipinski definition) is 3. The average molecular weight is 220 g/mol. The Labute approximate surface area is 88.9 Å². The minimum atomic E-state index is -0.986. The summed E-state index contributed by atoms with van der Waals surface area (Å²) in [5.74, 6) is -1.77. The molecule has 1 amide bonds. The van der Waals surface area contributed by atoms with Crippen LogP contribution in [0.15, 0.2) is 23.1 Å². The summed E-state index contributed by atoms with van der Waals surface area (Å²) in [6, 6.07) is 3.04. The summed E-state index contributed by atoms with van der Waals surface area (Å²) in [6.07, 6.45) is 1.38. The maximum absolute atomic E-state index is 11.6. The molecule has 16 heavy (non-hydrogen) atoms. The van der Waals surface area contributed by atoms with Crippen LogP contribution in [0.1, 0.15) is 10.5 Å². The summed E-state index contributed by atoms with van der Waals surface area (Å²) in [5.41, 5.74) is 9.59. The number of nitrogens with two attached hydrogens (primary N) is 2. The first-order chi connectivity index (χ1) is 7.52. The third-order valence-corrected chi connectivity index (χ3v) is 2.09. The molecule has 0 radical (unpaired) electrons. The number of hydrogen-bond acceptors (Lipinski definition) is 5. The van der Waals surface area contributed by atoms with E-state index in [4.69, 9.17) is 11.5 Å². The number of rotatable bonds is 1. The number of nitrogens with zero attached hydrogens (tertiary/aromatic N) is 2. The largest absolute Gasteiger partial charge is 0.501 e. The van der Waals surface area contributed by atoms with Gasteiger partial charge in [0.1, 0.15) is 0 Å². The van der Waals surface area contributed by atoms with Crippen LogP contribution in [-0.2, 0) is 0 Å². The van der Waals surface area contributed by atoms with Crippen molar-refractivity contribution in [1.82, 2.24) is 9.38 Å². The quantitative estimate of drug-likeness (QED) is 0.573. The molecule has 2 aromatic rings. The zero-order valence-corrected chi connectivity index (χ0v) is 8.04. The molecule has 0 atom stereocenters. The van der Waals surface area contributed by atoms with Crippen molar-refractivity contribution in [2.75, 3.05) is 5.73 Å². The first-order valence-corrected chi connectivity index (χ1v) is 4.32. The molecule has 0 saturated heterocycles. The minimum absolute atomic E-state index is 0.0825. The number of primary amides is 1. The van der Waals surface area contributed by atoms with Gasteiger partial charge >= 0.3 is 5.56 Å². The van der Waals surface area contributed by atoms with E-state index in [1.807, 2.05) is 0 Å². The molecule has 0 aliphatic rings. The van der Waals surface area contributed by atoms with Crippen LogP contribution in [0.4, 0.5) is 5.69 Å². The summed E-state index contributed by atoms with van der Waals surface area (Å²) in [4.78, 5) is 26.3. The van der Waals surface area contributed by atoms with Gasteiger partial charge in [-0.15, -0.1) is 0 Å². The average Bonchev–Trinajstić information content (AvgIpc) is 2.23. The number of aromatic hydroxyl groups is 1. The van der Waals surface area contributed by atoms with Crippen molar-refractivity contribution in [3.05, 3.63) is 34.4 Å². The van der Waals surface area contributed by atoms with Crippen molar-refractivity contribution in [1.29, 1.82) is 0 Å². The number of anilines is 1. The highest BCUT2D eigenvalue weighted by atomic mass is 16.3. The Balaban J connectivity index is 3.01. The fourth-order valence-corrected chi connectivity index (χ4v) is 1.35. The van der Waals surface area contributed by atoms with Gasteiger partial charge < -0.3 is 16.6 Å². The number of pyridine rings is 1. The lowest BCUT2D eigenvalue weighted by Crippen LogP contribution is -2.22. The molecule has 2 aromatic heterocycles. The van der Waals surface area contributed by atoms with Crippen LogP contribution < -0.4 is 17.0 Å². The molecule has 0 aliphatic heterocycles. The molecule has 7 nitrogen and oxygen atoms in total. The maximum atomic E-state index is 11.6. The molecule has 0 unspecified atom stereocenters. The van der Waals surface area contributed by atoms with Gasteiger partial charge in [-0.2, -0.15) is 0 Å². The third-order valence-electron chi connectivity index (χ3n) is 2.09. The molecule has 82 valence electrons. The lowest BCUT2D eigenvalue weighted by Gasteiger charge is -2.05. The Morgan fingerprint density at radius 1 is 1.50 bits per heavy atom. The monoisotopic (exact) mass is 220 g/mol. The summed E-state index contributed by atoms with van der Waals surface area (Å²) in [5, 5.41) is 9.42.